The van der Waals surface area contributed by atoms with Gasteiger partial charge in [-0.3, -0.25) is 9.48 Å². The molecule has 20 heavy (non-hydrogen) atoms. The van der Waals surface area contributed by atoms with Gasteiger partial charge < -0.3 is 5.32 Å². The molecule has 0 aliphatic carbocycles. The number of hydrogen-bond donors (Lipinski definition) is 2. The minimum Gasteiger partial charge on any atom is -0.324 e. The highest BCUT2D eigenvalue weighted by Crippen LogP contribution is 2.18. The van der Waals surface area contributed by atoms with Crippen LogP contribution in [0.15, 0.2) is 41.6 Å². The largest absolute Gasteiger partial charge is 0.324 e. The van der Waals surface area contributed by atoms with Crippen molar-refractivity contribution in [2.45, 2.75) is 18.4 Å². The van der Waals surface area contributed by atoms with Gasteiger partial charge in [0.05, 0.1) is 4.90 Å². The van der Waals surface area contributed by atoms with Crippen molar-refractivity contribution in [3.63, 3.8) is 0 Å². The second-order valence-corrected chi connectivity index (χ2v) is 5.83. The summed E-state index contributed by atoms with van der Waals surface area (Å²) in [6.45, 7) is 1.78. The third-order valence-corrected chi connectivity index (χ3v) is 3.58. The van der Waals surface area contributed by atoms with Crippen LogP contribution in [0.5, 0.6) is 0 Å². The summed E-state index contributed by atoms with van der Waals surface area (Å²) in [7, 11) is -3.74. The van der Waals surface area contributed by atoms with E-state index >= 15 is 0 Å². The molecule has 106 valence electrons. The Bertz CT molecular complexity index is 723. The molecule has 0 aliphatic heterocycles. The van der Waals surface area contributed by atoms with Crippen LogP contribution in [-0.4, -0.2) is 24.1 Å². The van der Waals surface area contributed by atoms with Crippen LogP contribution in [0.25, 0.3) is 0 Å². The predicted octanol–water partition coefficient (Wildman–Crippen LogP) is 0.478. The molecular formula is C12H14N4O3S. The summed E-state index contributed by atoms with van der Waals surface area (Å²) < 4.78 is 23.9. The summed E-state index contributed by atoms with van der Waals surface area (Å²) in [4.78, 5) is 11.8. The SMILES string of the molecule is Cc1cc(S(N)(=O)=O)ccc1NC(=O)Cn1cccn1. The molecule has 0 fully saturated rings. The highest BCUT2D eigenvalue weighted by atomic mass is 32.2. The molecule has 8 heteroatoms. The minimum atomic E-state index is -3.74. The van der Waals surface area contributed by atoms with E-state index in [4.69, 9.17) is 5.14 Å². The van der Waals surface area contributed by atoms with E-state index < -0.39 is 10.0 Å². The Balaban J connectivity index is 2.12. The second-order valence-electron chi connectivity index (χ2n) is 4.27. The maximum absolute atomic E-state index is 11.8. The number of hydrogen-bond acceptors (Lipinski definition) is 4. The van der Waals surface area contributed by atoms with E-state index in [-0.39, 0.29) is 17.3 Å². The third-order valence-electron chi connectivity index (χ3n) is 2.67. The zero-order valence-electron chi connectivity index (χ0n) is 10.8. The van der Waals surface area contributed by atoms with Crippen LogP contribution in [0.1, 0.15) is 5.56 Å². The fraction of sp³-hybridized carbons (Fsp3) is 0.167. The molecular weight excluding hydrogens is 280 g/mol. The van der Waals surface area contributed by atoms with Gasteiger partial charge in [0.25, 0.3) is 0 Å². The molecule has 7 nitrogen and oxygen atoms in total. The number of carbonyl (C=O) groups is 1. The first-order chi connectivity index (χ1) is 9.36. The molecule has 0 unspecified atom stereocenters. The Morgan fingerprint density at radius 2 is 2.20 bits per heavy atom. The van der Waals surface area contributed by atoms with Gasteiger partial charge in [-0.2, -0.15) is 5.10 Å². The fourth-order valence-corrected chi connectivity index (χ4v) is 2.28. The number of amides is 1. The zero-order valence-corrected chi connectivity index (χ0v) is 11.6. The number of benzene rings is 1. The molecule has 0 spiro atoms. The van der Waals surface area contributed by atoms with Crippen LogP contribution < -0.4 is 10.5 Å². The number of nitrogens with one attached hydrogen (secondary N) is 1. The first-order valence-electron chi connectivity index (χ1n) is 5.77. The van der Waals surface area contributed by atoms with Crippen molar-refractivity contribution in [2.75, 3.05) is 5.32 Å². The van der Waals surface area contributed by atoms with Crippen molar-refractivity contribution in [3.8, 4) is 0 Å². The number of aryl methyl sites for hydroxylation is 1. The van der Waals surface area contributed by atoms with Crippen molar-refractivity contribution in [1.82, 2.24) is 9.78 Å². The molecule has 0 atom stereocenters. The first-order valence-corrected chi connectivity index (χ1v) is 7.31. The lowest BCUT2D eigenvalue weighted by Gasteiger charge is -2.09. The predicted molar refractivity (Wildman–Crippen MR) is 73.4 cm³/mol. The average Bonchev–Trinajstić information content (AvgIpc) is 2.83. The highest BCUT2D eigenvalue weighted by Gasteiger charge is 2.11. The lowest BCUT2D eigenvalue weighted by molar-refractivity contribution is -0.116. The van der Waals surface area contributed by atoms with E-state index in [1.165, 1.54) is 22.9 Å². The van der Waals surface area contributed by atoms with Crippen LogP contribution in [0.2, 0.25) is 0 Å². The van der Waals surface area contributed by atoms with Crippen molar-refractivity contribution in [3.05, 3.63) is 42.2 Å². The van der Waals surface area contributed by atoms with Crippen molar-refractivity contribution >= 4 is 21.6 Å². The van der Waals surface area contributed by atoms with Crippen LogP contribution in [0, 0.1) is 6.92 Å². The maximum atomic E-state index is 11.8. The van der Waals surface area contributed by atoms with Crippen molar-refractivity contribution in [1.29, 1.82) is 0 Å². The molecule has 1 aromatic carbocycles. The van der Waals surface area contributed by atoms with Crippen LogP contribution in [0.4, 0.5) is 5.69 Å². The first kappa shape index (κ1) is 14.2. The topological polar surface area (TPSA) is 107 Å². The van der Waals surface area contributed by atoms with Crippen LogP contribution in [-0.2, 0) is 21.4 Å². The van der Waals surface area contributed by atoms with E-state index in [1.54, 1.807) is 25.4 Å². The summed E-state index contributed by atoms with van der Waals surface area (Å²) in [5.74, 6) is -0.250. The summed E-state index contributed by atoms with van der Waals surface area (Å²) in [6.07, 6.45) is 3.26. The Morgan fingerprint density at radius 3 is 2.75 bits per heavy atom. The second kappa shape index (κ2) is 5.43. The minimum absolute atomic E-state index is 0.0140. The molecule has 0 radical (unpaired) electrons. The number of carbonyl (C=O) groups excluding carboxylic acids is 1. The van der Waals surface area contributed by atoms with E-state index in [1.807, 2.05) is 0 Å². The normalized spacial score (nSPS) is 11.3. The van der Waals surface area contributed by atoms with E-state index in [0.717, 1.165) is 0 Å². The molecule has 0 aliphatic rings. The quantitative estimate of drug-likeness (QED) is 0.855. The molecule has 1 aromatic heterocycles. The molecule has 0 bridgehead atoms. The van der Waals surface area contributed by atoms with Crippen molar-refractivity contribution < 1.29 is 13.2 Å². The van der Waals surface area contributed by atoms with Gasteiger partial charge in [0.1, 0.15) is 6.54 Å². The smallest absolute Gasteiger partial charge is 0.246 e. The zero-order chi connectivity index (χ0) is 14.8. The van der Waals surface area contributed by atoms with Crippen LogP contribution >= 0.6 is 0 Å². The van der Waals surface area contributed by atoms with Gasteiger partial charge in [0.2, 0.25) is 15.9 Å². The highest BCUT2D eigenvalue weighted by molar-refractivity contribution is 7.89. The van der Waals surface area contributed by atoms with E-state index in [2.05, 4.69) is 10.4 Å². The van der Waals surface area contributed by atoms with Gasteiger partial charge in [-0.05, 0) is 36.8 Å². The molecule has 1 amide bonds. The molecule has 0 saturated carbocycles. The summed E-state index contributed by atoms with van der Waals surface area (Å²) >= 11 is 0. The number of sulfonamides is 1. The van der Waals surface area contributed by atoms with Gasteiger partial charge >= 0.3 is 0 Å². The average molecular weight is 294 g/mol. The van der Waals surface area contributed by atoms with E-state index in [9.17, 15) is 13.2 Å². The molecule has 0 saturated heterocycles. The summed E-state index contributed by atoms with van der Waals surface area (Å²) in [5, 5.41) is 11.7. The lowest BCUT2D eigenvalue weighted by atomic mass is 10.2. The van der Waals surface area contributed by atoms with Gasteiger partial charge in [-0.25, -0.2) is 13.6 Å². The Morgan fingerprint density at radius 1 is 1.45 bits per heavy atom. The number of nitrogens with two attached hydrogens (primary N) is 1. The van der Waals surface area contributed by atoms with Crippen LogP contribution in [0.3, 0.4) is 0 Å². The van der Waals surface area contributed by atoms with Gasteiger partial charge in [-0.1, -0.05) is 0 Å². The third kappa shape index (κ3) is 3.43. The number of primary sulfonamides is 1. The number of nitrogens with zero attached hydrogens (tertiary/aromatic N) is 2. The lowest BCUT2D eigenvalue weighted by Crippen LogP contribution is -2.20. The Labute approximate surface area is 116 Å². The molecule has 2 rings (SSSR count). The summed E-state index contributed by atoms with van der Waals surface area (Å²) in [6, 6.07) is 6.00. The van der Waals surface area contributed by atoms with Gasteiger partial charge in [0.15, 0.2) is 0 Å². The van der Waals surface area contributed by atoms with Gasteiger partial charge in [-0.15, -0.1) is 0 Å². The van der Waals surface area contributed by atoms with Crippen molar-refractivity contribution in [2.24, 2.45) is 5.14 Å². The van der Waals surface area contributed by atoms with Gasteiger partial charge in [0, 0.05) is 18.1 Å². The summed E-state index contributed by atoms with van der Waals surface area (Å²) in [5.41, 5.74) is 1.15. The monoisotopic (exact) mass is 294 g/mol. The molecule has 1 heterocycles. The number of aromatic nitrogens is 2. The fourth-order valence-electron chi connectivity index (χ4n) is 1.68. The number of anilines is 1. The molecule has 2 aromatic rings. The Kier molecular flexibility index (Phi) is 3.86. The maximum Gasteiger partial charge on any atom is 0.246 e. The molecule has 3 N–H and O–H groups in total. The Hall–Kier alpha value is -2.19. The van der Waals surface area contributed by atoms with E-state index in [0.29, 0.717) is 11.3 Å². The standard InChI is InChI=1S/C12H14N4O3S/c1-9-7-10(20(13,18)19)3-4-11(9)15-12(17)8-16-6-2-5-14-16/h2-7H,8H2,1H3,(H,15,17)(H2,13,18,19). The number of rotatable bonds is 4.